The van der Waals surface area contributed by atoms with Crippen LogP contribution >= 0.6 is 0 Å². The minimum absolute atomic E-state index is 0.241. The second-order valence-corrected chi connectivity index (χ2v) is 5.19. The number of unbranched alkanes of at least 4 members (excludes halogenated alkanes) is 3. The lowest BCUT2D eigenvalue weighted by molar-refractivity contribution is -0.118. The van der Waals surface area contributed by atoms with E-state index in [1.54, 1.807) is 0 Å². The van der Waals surface area contributed by atoms with Crippen LogP contribution in [0.3, 0.4) is 0 Å². The van der Waals surface area contributed by atoms with Crippen LogP contribution in [-0.4, -0.2) is 19.0 Å². The summed E-state index contributed by atoms with van der Waals surface area (Å²) >= 11 is 0. The van der Waals surface area contributed by atoms with Crippen LogP contribution in [0, 0.1) is 0 Å². The molecular weight excluding hydrogens is 264 g/mol. The Morgan fingerprint density at radius 3 is 2.48 bits per heavy atom. The molecule has 0 heterocycles. The standard InChI is InChI=1S/C18H28O3/c1-4-7-8-9-12-21-17-11-10-15(13-16(19)5-2)14-18(17)20-6-3/h10-11,14H,4-9,12-13H2,1-3H3. The van der Waals surface area contributed by atoms with Gasteiger partial charge in [-0.2, -0.15) is 0 Å². The average molecular weight is 292 g/mol. The molecular formula is C18H28O3. The molecule has 0 radical (unpaired) electrons. The van der Waals surface area contributed by atoms with Crippen molar-refractivity contribution in [2.24, 2.45) is 0 Å². The van der Waals surface area contributed by atoms with Crippen molar-refractivity contribution < 1.29 is 14.3 Å². The monoisotopic (exact) mass is 292 g/mol. The van der Waals surface area contributed by atoms with Crippen molar-refractivity contribution >= 4 is 5.78 Å². The summed E-state index contributed by atoms with van der Waals surface area (Å²) in [6.45, 7) is 7.35. The van der Waals surface area contributed by atoms with Crippen LogP contribution in [0.2, 0.25) is 0 Å². The lowest BCUT2D eigenvalue weighted by atomic mass is 10.1. The Morgan fingerprint density at radius 2 is 1.81 bits per heavy atom. The number of carbonyl (C=O) groups excluding carboxylic acids is 1. The first-order valence-corrected chi connectivity index (χ1v) is 8.11. The number of hydrogen-bond acceptors (Lipinski definition) is 3. The van der Waals surface area contributed by atoms with Crippen molar-refractivity contribution in [2.75, 3.05) is 13.2 Å². The number of Topliss-reactive ketones (excluding diaryl/α,β-unsaturated/α-hetero) is 1. The van der Waals surface area contributed by atoms with Crippen LogP contribution in [-0.2, 0) is 11.2 Å². The molecule has 1 rings (SSSR count). The maximum Gasteiger partial charge on any atom is 0.161 e. The van der Waals surface area contributed by atoms with Crippen LogP contribution in [0.25, 0.3) is 0 Å². The topological polar surface area (TPSA) is 35.5 Å². The molecule has 21 heavy (non-hydrogen) atoms. The first kappa shape index (κ1) is 17.5. The fourth-order valence-electron chi connectivity index (χ4n) is 2.11. The van der Waals surface area contributed by atoms with Gasteiger partial charge in [0, 0.05) is 12.8 Å². The summed E-state index contributed by atoms with van der Waals surface area (Å²) in [5.41, 5.74) is 0.989. The molecule has 118 valence electrons. The average Bonchev–Trinajstić information content (AvgIpc) is 2.49. The van der Waals surface area contributed by atoms with E-state index in [4.69, 9.17) is 9.47 Å². The summed E-state index contributed by atoms with van der Waals surface area (Å²) in [6.07, 6.45) is 5.77. The SMILES string of the molecule is CCCCCCOc1ccc(CC(=O)CC)cc1OCC. The lowest BCUT2D eigenvalue weighted by Gasteiger charge is -2.13. The summed E-state index contributed by atoms with van der Waals surface area (Å²) in [4.78, 5) is 11.5. The lowest BCUT2D eigenvalue weighted by Crippen LogP contribution is -2.04. The summed E-state index contributed by atoms with van der Waals surface area (Å²) in [7, 11) is 0. The molecule has 0 bridgehead atoms. The molecule has 0 fully saturated rings. The second kappa shape index (κ2) is 10.3. The number of hydrogen-bond donors (Lipinski definition) is 0. The van der Waals surface area contributed by atoms with Crippen LogP contribution in [0.4, 0.5) is 0 Å². The third kappa shape index (κ3) is 6.65. The van der Waals surface area contributed by atoms with Gasteiger partial charge in [0.1, 0.15) is 5.78 Å². The zero-order valence-electron chi connectivity index (χ0n) is 13.6. The third-order valence-electron chi connectivity index (χ3n) is 3.36. The van der Waals surface area contributed by atoms with E-state index < -0.39 is 0 Å². The van der Waals surface area contributed by atoms with Crippen molar-refractivity contribution in [2.45, 2.75) is 59.3 Å². The predicted octanol–water partition coefficient (Wildman–Crippen LogP) is 4.57. The van der Waals surface area contributed by atoms with E-state index in [0.717, 1.165) is 23.5 Å². The summed E-state index contributed by atoms with van der Waals surface area (Å²) in [5, 5.41) is 0. The highest BCUT2D eigenvalue weighted by molar-refractivity contribution is 5.80. The van der Waals surface area contributed by atoms with Crippen molar-refractivity contribution in [1.82, 2.24) is 0 Å². The molecule has 0 aromatic heterocycles. The molecule has 1 aromatic rings. The minimum atomic E-state index is 0.241. The van der Waals surface area contributed by atoms with Crippen LogP contribution in [0.15, 0.2) is 18.2 Å². The predicted molar refractivity (Wildman–Crippen MR) is 86.3 cm³/mol. The molecule has 3 heteroatoms. The van der Waals surface area contributed by atoms with Crippen molar-refractivity contribution in [1.29, 1.82) is 0 Å². The number of ketones is 1. The van der Waals surface area contributed by atoms with Crippen LogP contribution < -0.4 is 9.47 Å². The van der Waals surface area contributed by atoms with Gasteiger partial charge in [0.2, 0.25) is 0 Å². The van der Waals surface area contributed by atoms with Gasteiger partial charge in [0.05, 0.1) is 13.2 Å². The molecule has 0 amide bonds. The van der Waals surface area contributed by atoms with E-state index in [1.165, 1.54) is 19.3 Å². The van der Waals surface area contributed by atoms with E-state index in [1.807, 2.05) is 32.0 Å². The number of ether oxygens (including phenoxy) is 2. The van der Waals surface area contributed by atoms with Crippen LogP contribution in [0.1, 0.15) is 58.4 Å². The van der Waals surface area contributed by atoms with E-state index in [0.29, 0.717) is 26.1 Å². The first-order chi connectivity index (χ1) is 10.2. The van der Waals surface area contributed by atoms with Gasteiger partial charge in [-0.25, -0.2) is 0 Å². The summed E-state index contributed by atoms with van der Waals surface area (Å²) < 4.78 is 11.4. The number of carbonyl (C=O) groups is 1. The fraction of sp³-hybridized carbons (Fsp3) is 0.611. The molecule has 0 saturated carbocycles. The highest BCUT2D eigenvalue weighted by Crippen LogP contribution is 2.29. The Bertz CT molecular complexity index is 426. The Labute approximate surface area is 128 Å². The van der Waals surface area contributed by atoms with Crippen molar-refractivity contribution in [3.63, 3.8) is 0 Å². The third-order valence-corrected chi connectivity index (χ3v) is 3.36. The quantitative estimate of drug-likeness (QED) is 0.561. The highest BCUT2D eigenvalue weighted by Gasteiger charge is 2.08. The fourth-order valence-corrected chi connectivity index (χ4v) is 2.11. The van der Waals surface area contributed by atoms with Gasteiger partial charge in [-0.05, 0) is 31.0 Å². The van der Waals surface area contributed by atoms with Crippen LogP contribution in [0.5, 0.6) is 11.5 Å². The Kier molecular flexibility index (Phi) is 8.56. The minimum Gasteiger partial charge on any atom is -0.490 e. The second-order valence-electron chi connectivity index (χ2n) is 5.19. The van der Waals surface area contributed by atoms with Crippen molar-refractivity contribution in [3.8, 4) is 11.5 Å². The summed E-state index contributed by atoms with van der Waals surface area (Å²) in [6, 6.07) is 5.80. The Balaban J connectivity index is 2.63. The Morgan fingerprint density at radius 1 is 1.00 bits per heavy atom. The molecule has 1 aromatic carbocycles. The van der Waals surface area contributed by atoms with Gasteiger partial charge >= 0.3 is 0 Å². The van der Waals surface area contributed by atoms with E-state index >= 15 is 0 Å². The maximum atomic E-state index is 11.5. The largest absolute Gasteiger partial charge is 0.490 e. The molecule has 0 aliphatic rings. The summed E-state index contributed by atoms with van der Waals surface area (Å²) in [5.74, 6) is 1.76. The van der Waals surface area contributed by atoms with Gasteiger partial charge in [-0.1, -0.05) is 39.2 Å². The molecule has 0 atom stereocenters. The molecule has 0 aliphatic carbocycles. The van der Waals surface area contributed by atoms with E-state index in [9.17, 15) is 4.79 Å². The normalized spacial score (nSPS) is 10.4. The van der Waals surface area contributed by atoms with Gasteiger partial charge < -0.3 is 9.47 Å². The number of rotatable bonds is 11. The number of benzene rings is 1. The van der Waals surface area contributed by atoms with Gasteiger partial charge in [-0.15, -0.1) is 0 Å². The van der Waals surface area contributed by atoms with E-state index in [2.05, 4.69) is 6.92 Å². The van der Waals surface area contributed by atoms with Crippen molar-refractivity contribution in [3.05, 3.63) is 23.8 Å². The highest BCUT2D eigenvalue weighted by atomic mass is 16.5. The molecule has 3 nitrogen and oxygen atoms in total. The Hall–Kier alpha value is -1.51. The molecule has 0 N–H and O–H groups in total. The van der Waals surface area contributed by atoms with Gasteiger partial charge in [-0.3, -0.25) is 4.79 Å². The smallest absolute Gasteiger partial charge is 0.161 e. The maximum absolute atomic E-state index is 11.5. The van der Waals surface area contributed by atoms with Gasteiger partial charge in [0.15, 0.2) is 11.5 Å². The molecule has 0 saturated heterocycles. The molecule has 0 unspecified atom stereocenters. The molecule has 0 aliphatic heterocycles. The first-order valence-electron chi connectivity index (χ1n) is 8.11. The van der Waals surface area contributed by atoms with Gasteiger partial charge in [0.25, 0.3) is 0 Å². The van der Waals surface area contributed by atoms with E-state index in [-0.39, 0.29) is 5.78 Å². The zero-order valence-corrected chi connectivity index (χ0v) is 13.6. The zero-order chi connectivity index (χ0) is 15.5. The molecule has 0 spiro atoms.